The first-order valence-corrected chi connectivity index (χ1v) is 7.95. The average Bonchev–Trinajstić information content (AvgIpc) is 2.66. The number of nitrogens with one attached hydrogen (secondary N) is 1. The van der Waals surface area contributed by atoms with Gasteiger partial charge in [0.15, 0.2) is 0 Å². The van der Waals surface area contributed by atoms with Crippen molar-refractivity contribution in [1.29, 1.82) is 0 Å². The Balaban J connectivity index is 2.37. The van der Waals surface area contributed by atoms with Gasteiger partial charge in [0.1, 0.15) is 5.82 Å². The quantitative estimate of drug-likeness (QED) is 0.860. The van der Waals surface area contributed by atoms with E-state index in [1.165, 1.54) is 13.0 Å². The van der Waals surface area contributed by atoms with Crippen molar-refractivity contribution in [2.75, 3.05) is 6.54 Å². The Labute approximate surface area is 142 Å². The number of carbonyl (C=O) groups is 1. The number of hydrogen-bond acceptors (Lipinski definition) is 4. The monoisotopic (exact) mass is 334 g/mol. The van der Waals surface area contributed by atoms with E-state index in [1.54, 1.807) is 19.1 Å². The standard InChI is InChI=1S/C17H24BFN2O3/c1-11-7-8-14(19)15(21-11)9-13(10-20-12(2)22)18-23-16(3,4)17(5,6)24-18/h7-9H,10H2,1-6H3,(H,20,22). The zero-order valence-corrected chi connectivity index (χ0v) is 15.1. The number of aromatic nitrogens is 1. The van der Waals surface area contributed by atoms with Crippen LogP contribution >= 0.6 is 0 Å². The van der Waals surface area contributed by atoms with Crippen molar-refractivity contribution in [2.45, 2.75) is 52.7 Å². The minimum Gasteiger partial charge on any atom is -0.400 e. The van der Waals surface area contributed by atoms with Crippen LogP contribution in [0.1, 0.15) is 46.0 Å². The van der Waals surface area contributed by atoms with Gasteiger partial charge in [0, 0.05) is 19.2 Å². The number of hydrogen-bond donors (Lipinski definition) is 1. The lowest BCUT2D eigenvalue weighted by Gasteiger charge is -2.32. The SMILES string of the molecule is CC(=O)NCC(=Cc1nc(C)ccc1F)B1OC(C)(C)C(C)(C)O1. The van der Waals surface area contributed by atoms with Crippen molar-refractivity contribution in [3.05, 3.63) is 34.8 Å². The van der Waals surface area contributed by atoms with Gasteiger partial charge >= 0.3 is 7.12 Å². The van der Waals surface area contributed by atoms with E-state index >= 15 is 0 Å². The van der Waals surface area contributed by atoms with Gasteiger partial charge in [0.2, 0.25) is 5.91 Å². The molecule has 0 aromatic carbocycles. The molecule has 1 amide bonds. The molecular formula is C17H24BFN2O3. The second-order valence-electron chi connectivity index (χ2n) is 7.04. The van der Waals surface area contributed by atoms with E-state index in [1.807, 2.05) is 27.7 Å². The zero-order valence-electron chi connectivity index (χ0n) is 15.1. The minimum absolute atomic E-state index is 0.185. The van der Waals surface area contributed by atoms with Gasteiger partial charge in [-0.2, -0.15) is 0 Å². The average molecular weight is 334 g/mol. The molecule has 0 aliphatic carbocycles. The van der Waals surface area contributed by atoms with E-state index in [-0.39, 0.29) is 18.1 Å². The van der Waals surface area contributed by atoms with Gasteiger partial charge < -0.3 is 14.6 Å². The summed E-state index contributed by atoms with van der Waals surface area (Å²) in [6.07, 6.45) is 1.58. The van der Waals surface area contributed by atoms with Gasteiger partial charge in [-0.15, -0.1) is 0 Å². The van der Waals surface area contributed by atoms with Crippen molar-refractivity contribution in [3.63, 3.8) is 0 Å². The van der Waals surface area contributed by atoms with Crippen molar-refractivity contribution < 1.29 is 18.5 Å². The predicted molar refractivity (Wildman–Crippen MR) is 91.7 cm³/mol. The summed E-state index contributed by atoms with van der Waals surface area (Å²) in [5.41, 5.74) is 0.471. The van der Waals surface area contributed by atoms with Gasteiger partial charge in [-0.05, 0) is 58.3 Å². The molecule has 1 saturated heterocycles. The number of rotatable bonds is 4. The second-order valence-corrected chi connectivity index (χ2v) is 7.04. The summed E-state index contributed by atoms with van der Waals surface area (Å²) in [4.78, 5) is 15.5. The summed E-state index contributed by atoms with van der Waals surface area (Å²) in [6, 6.07) is 2.98. The lowest BCUT2D eigenvalue weighted by Crippen LogP contribution is -2.41. The summed E-state index contributed by atoms with van der Waals surface area (Å²) in [5, 5.41) is 2.71. The fraction of sp³-hybridized carbons (Fsp3) is 0.529. The molecule has 0 atom stereocenters. The molecule has 0 unspecified atom stereocenters. The highest BCUT2D eigenvalue weighted by atomic mass is 19.1. The molecule has 1 N–H and O–H groups in total. The third-order valence-electron chi connectivity index (χ3n) is 4.43. The number of pyridine rings is 1. The van der Waals surface area contributed by atoms with E-state index in [0.29, 0.717) is 11.2 Å². The number of amides is 1. The first-order chi connectivity index (χ1) is 11.0. The number of nitrogens with zero attached hydrogens (tertiary/aromatic N) is 1. The smallest absolute Gasteiger partial charge is 0.400 e. The van der Waals surface area contributed by atoms with Crippen LogP contribution in [0.15, 0.2) is 17.6 Å². The highest BCUT2D eigenvalue weighted by Crippen LogP contribution is 2.38. The highest BCUT2D eigenvalue weighted by molar-refractivity contribution is 6.56. The molecule has 2 rings (SSSR count). The van der Waals surface area contributed by atoms with Crippen LogP contribution in [0.3, 0.4) is 0 Å². The molecule has 1 aromatic rings. The molecule has 0 radical (unpaired) electrons. The van der Waals surface area contributed by atoms with Crippen LogP contribution in [0.2, 0.25) is 0 Å². The molecule has 5 nitrogen and oxygen atoms in total. The molecule has 1 aromatic heterocycles. The Hall–Kier alpha value is -1.73. The zero-order chi connectivity index (χ0) is 18.1. The van der Waals surface area contributed by atoms with E-state index < -0.39 is 24.1 Å². The number of aryl methyl sites for hydroxylation is 1. The van der Waals surface area contributed by atoms with Crippen molar-refractivity contribution >= 4 is 19.1 Å². The largest absolute Gasteiger partial charge is 0.492 e. The van der Waals surface area contributed by atoms with Crippen LogP contribution in [-0.2, 0) is 14.1 Å². The van der Waals surface area contributed by atoms with E-state index in [4.69, 9.17) is 9.31 Å². The summed E-state index contributed by atoms with van der Waals surface area (Å²) in [7, 11) is -0.677. The lowest BCUT2D eigenvalue weighted by molar-refractivity contribution is -0.118. The number of carbonyl (C=O) groups excluding carboxylic acids is 1. The van der Waals surface area contributed by atoms with E-state index in [0.717, 1.165) is 0 Å². The first-order valence-electron chi connectivity index (χ1n) is 7.95. The van der Waals surface area contributed by atoms with Gasteiger partial charge in [-0.25, -0.2) is 4.39 Å². The van der Waals surface area contributed by atoms with Crippen molar-refractivity contribution in [1.82, 2.24) is 10.3 Å². The van der Waals surface area contributed by atoms with Gasteiger partial charge in [-0.1, -0.05) is 0 Å². The van der Waals surface area contributed by atoms with Crippen LogP contribution in [0.5, 0.6) is 0 Å². The Kier molecular flexibility index (Phi) is 5.15. The number of halogens is 1. The van der Waals surface area contributed by atoms with Gasteiger partial charge in [-0.3, -0.25) is 9.78 Å². The van der Waals surface area contributed by atoms with E-state index in [2.05, 4.69) is 10.3 Å². The predicted octanol–water partition coefficient (Wildman–Crippen LogP) is 2.68. The molecule has 7 heteroatoms. The molecule has 0 saturated carbocycles. The van der Waals surface area contributed by atoms with Gasteiger partial charge in [0.05, 0.1) is 16.9 Å². The molecule has 1 fully saturated rings. The third-order valence-corrected chi connectivity index (χ3v) is 4.43. The Morgan fingerprint density at radius 3 is 2.42 bits per heavy atom. The molecule has 2 heterocycles. The molecule has 24 heavy (non-hydrogen) atoms. The summed E-state index contributed by atoms with van der Waals surface area (Å²) in [5.74, 6) is -0.618. The summed E-state index contributed by atoms with van der Waals surface area (Å²) >= 11 is 0. The Bertz CT molecular complexity index is 658. The summed E-state index contributed by atoms with van der Waals surface area (Å²) < 4.78 is 26.1. The second kappa shape index (κ2) is 6.65. The molecule has 0 bridgehead atoms. The minimum atomic E-state index is -0.677. The molecule has 1 aliphatic heterocycles. The van der Waals surface area contributed by atoms with Crippen molar-refractivity contribution in [3.8, 4) is 0 Å². The fourth-order valence-electron chi connectivity index (χ4n) is 2.26. The third kappa shape index (κ3) is 4.02. The summed E-state index contributed by atoms with van der Waals surface area (Å²) in [6.45, 7) is 11.2. The highest BCUT2D eigenvalue weighted by Gasteiger charge is 2.52. The molecule has 130 valence electrons. The molecular weight excluding hydrogens is 310 g/mol. The molecule has 0 spiro atoms. The maximum absolute atomic E-state index is 14.0. The first kappa shape index (κ1) is 18.6. The van der Waals surface area contributed by atoms with Crippen LogP contribution in [0.4, 0.5) is 4.39 Å². The van der Waals surface area contributed by atoms with Crippen molar-refractivity contribution in [2.24, 2.45) is 0 Å². The maximum Gasteiger partial charge on any atom is 0.492 e. The maximum atomic E-state index is 14.0. The fourth-order valence-corrected chi connectivity index (χ4v) is 2.26. The van der Waals surface area contributed by atoms with E-state index in [9.17, 15) is 9.18 Å². The lowest BCUT2D eigenvalue weighted by atomic mass is 9.77. The van der Waals surface area contributed by atoms with Crippen LogP contribution in [0.25, 0.3) is 6.08 Å². The van der Waals surface area contributed by atoms with Crippen LogP contribution in [-0.4, -0.2) is 35.8 Å². The topological polar surface area (TPSA) is 60.5 Å². The Morgan fingerprint density at radius 1 is 1.29 bits per heavy atom. The molecule has 1 aliphatic rings. The Morgan fingerprint density at radius 2 is 1.88 bits per heavy atom. The van der Waals surface area contributed by atoms with Crippen LogP contribution < -0.4 is 5.32 Å². The van der Waals surface area contributed by atoms with Crippen LogP contribution in [0, 0.1) is 12.7 Å². The normalized spacial score (nSPS) is 19.5. The van der Waals surface area contributed by atoms with Gasteiger partial charge in [0.25, 0.3) is 0 Å².